The van der Waals surface area contributed by atoms with E-state index in [0.717, 1.165) is 0 Å². The number of halogens is 12. The van der Waals surface area contributed by atoms with Crippen molar-refractivity contribution in [2.45, 2.75) is 24.7 Å². The van der Waals surface area contributed by atoms with Gasteiger partial charge in [-0.2, -0.15) is 69.5 Å². The maximum atomic E-state index is 13.6. The highest BCUT2D eigenvalue weighted by Crippen LogP contribution is 2.42. The highest BCUT2D eigenvalue weighted by atomic mass is 19.4. The molecule has 0 saturated carbocycles. The Balaban J connectivity index is 1.48. The lowest BCUT2D eigenvalue weighted by Gasteiger charge is -2.14. The van der Waals surface area contributed by atoms with Crippen molar-refractivity contribution in [1.82, 2.24) is 0 Å². The van der Waals surface area contributed by atoms with Gasteiger partial charge in [0.15, 0.2) is 5.36 Å². The van der Waals surface area contributed by atoms with Crippen LogP contribution < -0.4 is 10.7 Å². The van der Waals surface area contributed by atoms with E-state index >= 15 is 0 Å². The summed E-state index contributed by atoms with van der Waals surface area (Å²) in [5.74, 6) is 0. The van der Waals surface area contributed by atoms with Gasteiger partial charge in [-0.1, -0.05) is 24.3 Å². The van der Waals surface area contributed by atoms with Gasteiger partial charge in [-0.05, 0) is 104 Å². The fraction of sp³-hybridized carbons (Fsp3) is 0.105. The second-order valence-corrected chi connectivity index (χ2v) is 12.2. The minimum Gasteiger partial charge on any atom is -0.181 e. The van der Waals surface area contributed by atoms with Crippen molar-refractivity contribution in [3.63, 3.8) is 0 Å². The molecule has 0 aliphatic heterocycles. The molecule has 270 valence electrons. The summed E-state index contributed by atoms with van der Waals surface area (Å²) in [5.41, 5.74) is -7.01. The molecule has 0 spiro atoms. The molecule has 0 N–H and O–H groups in total. The van der Waals surface area contributed by atoms with Gasteiger partial charge in [0.05, 0.1) is 32.7 Å². The van der Waals surface area contributed by atoms with Gasteiger partial charge in [0, 0.05) is 21.5 Å². The van der Waals surface area contributed by atoms with E-state index in [9.17, 15) is 57.9 Å². The van der Waals surface area contributed by atoms with Gasteiger partial charge in [0.2, 0.25) is 6.19 Å². The second-order valence-electron chi connectivity index (χ2n) is 12.2. The first-order valence-electron chi connectivity index (χ1n) is 15.2. The predicted molar refractivity (Wildman–Crippen MR) is 173 cm³/mol. The highest BCUT2D eigenvalue weighted by molar-refractivity contribution is 6.21. The smallest absolute Gasteiger partial charge is 0.181 e. The van der Waals surface area contributed by atoms with Crippen molar-refractivity contribution < 1.29 is 52.7 Å². The Bertz CT molecular complexity index is 2640. The van der Waals surface area contributed by atoms with Crippen LogP contribution in [0.3, 0.4) is 0 Å². The summed E-state index contributed by atoms with van der Waals surface area (Å²) in [4.78, 5) is 7.00. The molecule has 0 amide bonds. The zero-order valence-corrected chi connectivity index (χ0v) is 26.4. The number of benzene rings is 5. The van der Waals surface area contributed by atoms with Crippen LogP contribution in [0.1, 0.15) is 22.3 Å². The van der Waals surface area contributed by atoms with E-state index in [1.54, 1.807) is 18.3 Å². The first-order valence-corrected chi connectivity index (χ1v) is 15.2. The van der Waals surface area contributed by atoms with Crippen molar-refractivity contribution in [3.8, 4) is 28.4 Å². The molecule has 0 fully saturated rings. The molecule has 0 aromatic heterocycles. The average molecular weight is 755 g/mol. The summed E-state index contributed by atoms with van der Waals surface area (Å²) in [6.07, 6.45) is -18.7. The van der Waals surface area contributed by atoms with Gasteiger partial charge in [-0.15, -0.1) is 4.95 Å². The van der Waals surface area contributed by atoms with Crippen molar-refractivity contribution in [1.29, 1.82) is 5.26 Å². The maximum absolute atomic E-state index is 13.6. The number of fused-ring (bicyclic) bond motifs is 6. The molecule has 0 aliphatic rings. The van der Waals surface area contributed by atoms with E-state index in [2.05, 4.69) is 15.0 Å². The molecular weight excluding hydrogens is 740 g/mol. The first-order chi connectivity index (χ1) is 25.2. The molecular formula is C38H14F12N4. The van der Waals surface area contributed by atoms with E-state index in [1.807, 2.05) is 0 Å². The fourth-order valence-corrected chi connectivity index (χ4v) is 6.61. The van der Waals surface area contributed by atoms with Gasteiger partial charge in [-0.25, -0.2) is 0 Å². The summed E-state index contributed by atoms with van der Waals surface area (Å²) < 4.78 is 163. The minimum atomic E-state index is -5.10. The number of hydrogen-bond acceptors (Lipinski definition) is 3. The standard InChI is InChI=1S/C38H14F12N4/c1-52-54-34-30-11-18(20-8-23(37(45,46)47)13-24(9-20)38(48,49)50)3-5-26(30)28-14-31-27(15-32(28)34)25-4-2-17(10-29(25)33(31)53-16-51)19-6-21(35(39,40)41)12-22(7-19)36(42,43)44/h2-15H/b53-33+,54-34+. The molecule has 0 heterocycles. The molecule has 0 unspecified atom stereocenters. The molecule has 54 heavy (non-hydrogen) atoms. The average Bonchev–Trinajstić information content (AvgIpc) is 3.56. The summed E-state index contributed by atoms with van der Waals surface area (Å²) in [7, 11) is 0. The van der Waals surface area contributed by atoms with Gasteiger partial charge < -0.3 is 0 Å². The lowest BCUT2D eigenvalue weighted by molar-refractivity contribution is -0.144. The quantitative estimate of drug-likeness (QED) is 0.0750. The summed E-state index contributed by atoms with van der Waals surface area (Å²) >= 11 is 0. The largest absolute Gasteiger partial charge is 0.416 e. The summed E-state index contributed by atoms with van der Waals surface area (Å²) in [6, 6.07) is 13.4. The van der Waals surface area contributed by atoms with E-state index in [-0.39, 0.29) is 44.7 Å². The Morgan fingerprint density at radius 1 is 0.426 bits per heavy atom. The van der Waals surface area contributed by atoms with Gasteiger partial charge in [0.1, 0.15) is 0 Å². The van der Waals surface area contributed by atoms with Crippen molar-refractivity contribution in [2.75, 3.05) is 0 Å². The number of nitrogens with zero attached hydrogens (tertiary/aromatic N) is 4. The molecule has 7 rings (SSSR count). The topological polar surface area (TPSA) is 52.9 Å². The molecule has 16 heteroatoms. The zero-order valence-electron chi connectivity index (χ0n) is 26.4. The number of hydrogen-bond donors (Lipinski definition) is 0. The minimum absolute atomic E-state index is 0.000673. The monoisotopic (exact) mass is 754 g/mol. The number of nitriles is 1. The molecule has 7 aromatic carbocycles. The lowest BCUT2D eigenvalue weighted by atomic mass is 9.97. The summed E-state index contributed by atoms with van der Waals surface area (Å²) in [6.45, 7) is 7.42. The van der Waals surface area contributed by atoms with Crippen molar-refractivity contribution in [2.24, 2.45) is 10.1 Å². The molecule has 0 aliphatic carbocycles. The van der Waals surface area contributed by atoms with Crippen LogP contribution in [0.15, 0.2) is 95.0 Å². The lowest BCUT2D eigenvalue weighted by Crippen LogP contribution is -2.11. The molecule has 0 radical (unpaired) electrons. The van der Waals surface area contributed by atoms with Crippen LogP contribution in [0.25, 0.3) is 70.3 Å². The second kappa shape index (κ2) is 12.1. The Morgan fingerprint density at radius 3 is 1.13 bits per heavy atom. The Hall–Kier alpha value is -6.42. The van der Waals surface area contributed by atoms with Crippen LogP contribution in [-0.4, -0.2) is 0 Å². The number of rotatable bonds is 2. The molecule has 0 atom stereocenters. The van der Waals surface area contributed by atoms with Crippen LogP contribution in [0.5, 0.6) is 0 Å². The highest BCUT2D eigenvalue weighted by Gasteiger charge is 2.38. The van der Waals surface area contributed by atoms with E-state index in [4.69, 9.17) is 6.57 Å². The molecule has 4 nitrogen and oxygen atoms in total. The molecule has 7 aromatic rings. The molecule has 0 saturated heterocycles. The van der Waals surface area contributed by atoms with Crippen LogP contribution in [-0.2, 0) is 24.7 Å². The third-order valence-electron chi connectivity index (χ3n) is 8.95. The van der Waals surface area contributed by atoms with Gasteiger partial charge in [-0.3, -0.25) is 0 Å². The zero-order chi connectivity index (χ0) is 39.1. The Labute approximate surface area is 293 Å². The van der Waals surface area contributed by atoms with Crippen LogP contribution >= 0.6 is 0 Å². The first kappa shape index (κ1) is 36.0. The van der Waals surface area contributed by atoms with E-state index in [0.29, 0.717) is 56.6 Å². The third-order valence-corrected chi connectivity index (χ3v) is 8.95. The predicted octanol–water partition coefficient (Wildman–Crippen LogP) is 11.7. The normalized spacial score (nSPS) is 13.7. The van der Waals surface area contributed by atoms with Crippen molar-refractivity contribution >= 4 is 43.1 Å². The SMILES string of the molecule is [C-]#[N+]/N=c1\c2cc(-c3cc(C(F)(F)F)cc(C(F)(F)F)c3)ccc2c2cc3/c(=N/C#N)c4cc(-c5cc(C(F)(F)F)cc(C(F)(F)F)c5)ccc4c3cc12. The Kier molecular flexibility index (Phi) is 8.03. The fourth-order valence-electron chi connectivity index (χ4n) is 6.61. The van der Waals surface area contributed by atoms with E-state index in [1.165, 1.54) is 36.4 Å². The Morgan fingerprint density at radius 2 is 0.778 bits per heavy atom. The van der Waals surface area contributed by atoms with Crippen molar-refractivity contribution in [3.05, 3.63) is 129 Å². The van der Waals surface area contributed by atoms with Gasteiger partial charge >= 0.3 is 24.7 Å². The third kappa shape index (κ3) is 6.13. The maximum Gasteiger partial charge on any atom is 0.416 e. The summed E-state index contributed by atoms with van der Waals surface area (Å²) in [5, 5.41) is 16.1. The van der Waals surface area contributed by atoms with Crippen LogP contribution in [0.2, 0.25) is 0 Å². The molecule has 0 bridgehead atoms. The van der Waals surface area contributed by atoms with Gasteiger partial charge in [0.25, 0.3) is 0 Å². The van der Waals surface area contributed by atoms with Crippen LogP contribution in [0, 0.1) is 18.0 Å². The number of alkyl halides is 12. The van der Waals surface area contributed by atoms with Crippen LogP contribution in [0.4, 0.5) is 52.7 Å². The van der Waals surface area contributed by atoms with E-state index < -0.39 is 58.1 Å².